The van der Waals surface area contributed by atoms with Gasteiger partial charge in [-0.3, -0.25) is 4.90 Å². The summed E-state index contributed by atoms with van der Waals surface area (Å²) in [7, 11) is 0. The summed E-state index contributed by atoms with van der Waals surface area (Å²) in [6.45, 7) is 8.37. The van der Waals surface area contributed by atoms with Gasteiger partial charge in [0.15, 0.2) is 0 Å². The van der Waals surface area contributed by atoms with E-state index in [9.17, 15) is 0 Å². The van der Waals surface area contributed by atoms with Crippen LogP contribution in [-0.2, 0) is 17.7 Å². The van der Waals surface area contributed by atoms with Gasteiger partial charge in [0.05, 0.1) is 11.7 Å². The molecule has 3 heterocycles. The molecule has 0 aliphatic carbocycles. The fourth-order valence-electron chi connectivity index (χ4n) is 4.85. The molecule has 2 atom stereocenters. The Morgan fingerprint density at radius 3 is 2.48 bits per heavy atom. The Labute approximate surface area is 174 Å². The lowest BCUT2D eigenvalue weighted by atomic mass is 9.79. The number of piperidine rings is 1. The molecule has 1 aromatic carbocycles. The van der Waals surface area contributed by atoms with E-state index in [0.29, 0.717) is 6.04 Å². The Hall–Kier alpha value is -1.82. The number of nitrogens with zero attached hydrogens (tertiary/aromatic N) is 3. The zero-order valence-corrected chi connectivity index (χ0v) is 17.8. The molecule has 2 fully saturated rings. The average Bonchev–Trinajstić information content (AvgIpc) is 2.77. The lowest BCUT2D eigenvalue weighted by Crippen LogP contribution is -2.53. The summed E-state index contributed by atoms with van der Waals surface area (Å²) >= 11 is 0. The molecule has 2 saturated heterocycles. The second-order valence-corrected chi connectivity index (χ2v) is 8.53. The van der Waals surface area contributed by atoms with E-state index in [4.69, 9.17) is 4.74 Å². The fourth-order valence-corrected chi connectivity index (χ4v) is 4.85. The molecule has 2 aliphatic rings. The van der Waals surface area contributed by atoms with Crippen molar-refractivity contribution in [2.45, 2.75) is 70.2 Å². The zero-order chi connectivity index (χ0) is 20.1. The first-order valence-electron chi connectivity index (χ1n) is 11.2. The van der Waals surface area contributed by atoms with Crippen LogP contribution in [0.25, 0.3) is 0 Å². The summed E-state index contributed by atoms with van der Waals surface area (Å²) in [6.07, 6.45) is 9.41. The van der Waals surface area contributed by atoms with Crippen LogP contribution in [0.15, 0.2) is 42.7 Å². The van der Waals surface area contributed by atoms with Gasteiger partial charge in [0.2, 0.25) is 0 Å². The van der Waals surface area contributed by atoms with Crippen molar-refractivity contribution in [2.75, 3.05) is 19.6 Å². The first-order chi connectivity index (χ1) is 14.2. The van der Waals surface area contributed by atoms with Gasteiger partial charge < -0.3 is 10.1 Å². The van der Waals surface area contributed by atoms with Gasteiger partial charge >= 0.3 is 0 Å². The monoisotopic (exact) mass is 394 g/mol. The van der Waals surface area contributed by atoms with Crippen molar-refractivity contribution in [1.82, 2.24) is 20.2 Å². The molecule has 0 amide bonds. The largest absolute Gasteiger partial charge is 0.367 e. The molecule has 2 aliphatic heterocycles. The molecule has 1 spiro atoms. The van der Waals surface area contributed by atoms with Crippen LogP contribution in [0.2, 0.25) is 0 Å². The Kier molecular flexibility index (Phi) is 6.58. The molecule has 5 nitrogen and oxygen atoms in total. The van der Waals surface area contributed by atoms with Crippen molar-refractivity contribution in [3.8, 4) is 0 Å². The minimum atomic E-state index is -0.00926. The van der Waals surface area contributed by atoms with Crippen LogP contribution in [0.4, 0.5) is 0 Å². The van der Waals surface area contributed by atoms with Crippen molar-refractivity contribution < 1.29 is 4.74 Å². The minimum absolute atomic E-state index is 0.00926. The van der Waals surface area contributed by atoms with E-state index in [-0.39, 0.29) is 11.7 Å². The summed E-state index contributed by atoms with van der Waals surface area (Å²) in [6, 6.07) is 11.3. The molecule has 0 radical (unpaired) electrons. The number of aryl methyl sites for hydroxylation is 1. The predicted octanol–water partition coefficient (Wildman–Crippen LogP) is 3.90. The Morgan fingerprint density at radius 2 is 1.83 bits per heavy atom. The summed E-state index contributed by atoms with van der Waals surface area (Å²) in [5.74, 6) is 0.920. The van der Waals surface area contributed by atoms with Gasteiger partial charge in [-0.15, -0.1) is 0 Å². The lowest BCUT2D eigenvalue weighted by Gasteiger charge is -2.49. The van der Waals surface area contributed by atoms with Crippen molar-refractivity contribution in [3.63, 3.8) is 0 Å². The molecule has 29 heavy (non-hydrogen) atoms. The summed E-state index contributed by atoms with van der Waals surface area (Å²) in [4.78, 5) is 11.4. The van der Waals surface area contributed by atoms with E-state index in [2.05, 4.69) is 64.4 Å². The standard InChI is InChI=1S/C24H34N4O/c1-3-23-26-16-19(17-27-23)18-28-12-10-24(11-13-28)15-21(25-4-2)14-22(29-24)20-8-6-5-7-9-20/h5-9,16-17,21-22,25H,3-4,10-15,18H2,1-2H3/t21-,22-/m0/s1. The molecule has 1 aromatic heterocycles. The molecule has 5 heteroatoms. The fraction of sp³-hybridized carbons (Fsp3) is 0.583. The second kappa shape index (κ2) is 9.33. The van der Waals surface area contributed by atoms with E-state index in [1.807, 2.05) is 12.4 Å². The number of hydrogen-bond acceptors (Lipinski definition) is 5. The third kappa shape index (κ3) is 5.03. The van der Waals surface area contributed by atoms with Gasteiger partial charge in [0.1, 0.15) is 5.82 Å². The van der Waals surface area contributed by atoms with Crippen LogP contribution in [0.1, 0.15) is 62.6 Å². The minimum Gasteiger partial charge on any atom is -0.367 e. The number of hydrogen-bond donors (Lipinski definition) is 1. The predicted molar refractivity (Wildman–Crippen MR) is 116 cm³/mol. The first kappa shape index (κ1) is 20.5. The van der Waals surface area contributed by atoms with Gasteiger partial charge in [0.25, 0.3) is 0 Å². The molecule has 0 bridgehead atoms. The van der Waals surface area contributed by atoms with E-state index in [1.54, 1.807) is 0 Å². The Balaban J connectivity index is 1.40. The molecule has 2 aromatic rings. The molecule has 0 unspecified atom stereocenters. The number of nitrogens with one attached hydrogen (secondary N) is 1. The van der Waals surface area contributed by atoms with Crippen LogP contribution < -0.4 is 5.32 Å². The zero-order valence-electron chi connectivity index (χ0n) is 17.8. The number of aromatic nitrogens is 2. The molecule has 4 rings (SSSR count). The van der Waals surface area contributed by atoms with Crippen LogP contribution in [0.5, 0.6) is 0 Å². The van der Waals surface area contributed by atoms with E-state index in [1.165, 1.54) is 11.1 Å². The van der Waals surface area contributed by atoms with Crippen molar-refractivity contribution in [3.05, 3.63) is 59.7 Å². The van der Waals surface area contributed by atoms with Gasteiger partial charge in [-0.05, 0) is 37.8 Å². The number of benzene rings is 1. The van der Waals surface area contributed by atoms with E-state index in [0.717, 1.165) is 64.1 Å². The smallest absolute Gasteiger partial charge is 0.127 e. The summed E-state index contributed by atoms with van der Waals surface area (Å²) in [5, 5.41) is 3.71. The summed E-state index contributed by atoms with van der Waals surface area (Å²) < 4.78 is 6.81. The number of likely N-dealkylation sites (tertiary alicyclic amines) is 1. The van der Waals surface area contributed by atoms with Crippen LogP contribution in [-0.4, -0.2) is 46.1 Å². The third-order valence-electron chi connectivity index (χ3n) is 6.42. The highest BCUT2D eigenvalue weighted by Gasteiger charge is 2.43. The molecule has 156 valence electrons. The maximum Gasteiger partial charge on any atom is 0.127 e. The molecular formula is C24H34N4O. The lowest BCUT2D eigenvalue weighted by molar-refractivity contribution is -0.164. The molecule has 0 saturated carbocycles. The van der Waals surface area contributed by atoms with E-state index < -0.39 is 0 Å². The van der Waals surface area contributed by atoms with Crippen molar-refractivity contribution in [2.24, 2.45) is 0 Å². The van der Waals surface area contributed by atoms with Crippen molar-refractivity contribution >= 4 is 0 Å². The molecule has 1 N–H and O–H groups in total. The third-order valence-corrected chi connectivity index (χ3v) is 6.42. The van der Waals surface area contributed by atoms with E-state index >= 15 is 0 Å². The van der Waals surface area contributed by atoms with Crippen LogP contribution in [0.3, 0.4) is 0 Å². The maximum atomic E-state index is 6.81. The maximum absolute atomic E-state index is 6.81. The Bertz CT molecular complexity index is 756. The normalized spacial score (nSPS) is 24.6. The van der Waals surface area contributed by atoms with Gasteiger partial charge in [-0.1, -0.05) is 44.2 Å². The second-order valence-electron chi connectivity index (χ2n) is 8.53. The highest BCUT2D eigenvalue weighted by Crippen LogP contribution is 2.43. The number of rotatable bonds is 6. The van der Waals surface area contributed by atoms with Crippen LogP contribution >= 0.6 is 0 Å². The quantitative estimate of drug-likeness (QED) is 0.805. The number of ether oxygens (including phenoxy) is 1. The SMILES string of the molecule is CCN[C@H]1C[C@@H](c2ccccc2)OC2(CCN(Cc3cnc(CC)nc3)CC2)C1. The van der Waals surface area contributed by atoms with Crippen LogP contribution in [0, 0.1) is 0 Å². The highest BCUT2D eigenvalue weighted by atomic mass is 16.5. The van der Waals surface area contributed by atoms with Gasteiger partial charge in [-0.25, -0.2) is 9.97 Å². The molecular weight excluding hydrogens is 360 g/mol. The average molecular weight is 395 g/mol. The topological polar surface area (TPSA) is 50.3 Å². The van der Waals surface area contributed by atoms with Gasteiger partial charge in [-0.2, -0.15) is 0 Å². The van der Waals surface area contributed by atoms with Gasteiger partial charge in [0, 0.05) is 50.1 Å². The van der Waals surface area contributed by atoms with Crippen molar-refractivity contribution in [1.29, 1.82) is 0 Å². The highest BCUT2D eigenvalue weighted by molar-refractivity contribution is 5.19. The summed E-state index contributed by atoms with van der Waals surface area (Å²) in [5.41, 5.74) is 2.51. The Morgan fingerprint density at radius 1 is 1.10 bits per heavy atom. The first-order valence-corrected chi connectivity index (χ1v) is 11.2.